The predicted molar refractivity (Wildman–Crippen MR) is 108 cm³/mol. The van der Waals surface area contributed by atoms with Crippen LogP contribution in [0.4, 0.5) is 26.3 Å². The molecule has 1 aromatic heterocycles. The first-order chi connectivity index (χ1) is 16.3. The molecule has 2 amide bonds. The Balaban J connectivity index is 1.58. The number of nitrogens with one attached hydrogen (secondary N) is 2. The zero-order valence-electron chi connectivity index (χ0n) is 17.3. The summed E-state index contributed by atoms with van der Waals surface area (Å²) in [4.78, 5) is 40.0. The van der Waals surface area contributed by atoms with Gasteiger partial charge >= 0.3 is 12.4 Å². The van der Waals surface area contributed by atoms with Crippen molar-refractivity contribution in [3.8, 4) is 0 Å². The Morgan fingerprint density at radius 3 is 2.40 bits per heavy atom. The first kappa shape index (κ1) is 24.9. The Morgan fingerprint density at radius 1 is 1.14 bits per heavy atom. The Morgan fingerprint density at radius 2 is 1.83 bits per heavy atom. The quantitative estimate of drug-likeness (QED) is 0.602. The normalized spacial score (nSPS) is 22.7. The van der Waals surface area contributed by atoms with Crippen LogP contribution in [0.1, 0.15) is 33.7 Å². The fraction of sp³-hybridized carbons (Fsp3) is 0.350. The topological polar surface area (TPSA) is 106 Å². The molecule has 0 radical (unpaired) electrons. The van der Waals surface area contributed by atoms with Gasteiger partial charge in [0.2, 0.25) is 0 Å². The molecule has 1 saturated heterocycles. The second-order valence-corrected chi connectivity index (χ2v) is 8.28. The zero-order valence-corrected chi connectivity index (χ0v) is 18.1. The molecule has 186 valence electrons. The van der Waals surface area contributed by atoms with E-state index in [-0.39, 0.29) is 23.7 Å². The second-order valence-electron chi connectivity index (χ2n) is 7.84. The number of benzene rings is 1. The lowest BCUT2D eigenvalue weighted by Crippen LogP contribution is -2.44. The van der Waals surface area contributed by atoms with Crippen LogP contribution < -0.4 is 10.8 Å². The molecule has 2 atom stereocenters. The summed E-state index contributed by atoms with van der Waals surface area (Å²) in [6.45, 7) is -0.995. The van der Waals surface area contributed by atoms with Gasteiger partial charge in [0.25, 0.3) is 11.8 Å². The highest BCUT2D eigenvalue weighted by atomic mass is 35.5. The summed E-state index contributed by atoms with van der Waals surface area (Å²) in [5.41, 5.74) is -3.00. The highest BCUT2D eigenvalue weighted by Crippen LogP contribution is 2.49. The molecule has 0 aliphatic carbocycles. The number of amides is 2. The summed E-state index contributed by atoms with van der Waals surface area (Å²) in [6, 6.07) is 0.850. The lowest BCUT2D eigenvalue weighted by Gasteiger charge is -2.32. The van der Waals surface area contributed by atoms with Gasteiger partial charge in [0.05, 0.1) is 23.4 Å². The molecular weight excluding hydrogens is 508 g/mol. The number of hydrogen-bond acceptors (Lipinski definition) is 6. The molecule has 2 N–H and O–H groups in total. The van der Waals surface area contributed by atoms with Crippen molar-refractivity contribution in [3.63, 3.8) is 0 Å². The molecular formula is C20H14ClF6N5O3. The van der Waals surface area contributed by atoms with E-state index in [0.29, 0.717) is 12.1 Å². The van der Waals surface area contributed by atoms with Gasteiger partial charge in [-0.2, -0.15) is 26.3 Å². The van der Waals surface area contributed by atoms with Gasteiger partial charge in [-0.25, -0.2) is 15.4 Å². The third-order valence-electron chi connectivity index (χ3n) is 5.55. The van der Waals surface area contributed by atoms with Crippen LogP contribution >= 0.6 is 11.6 Å². The number of nitrogens with zero attached hydrogens (tertiary/aromatic N) is 3. The van der Waals surface area contributed by atoms with Gasteiger partial charge in [-0.1, -0.05) is 11.6 Å². The number of aromatic nitrogens is 2. The molecule has 2 unspecified atom stereocenters. The Bertz CT molecular complexity index is 1200. The van der Waals surface area contributed by atoms with Crippen LogP contribution in [0.3, 0.4) is 0 Å². The summed E-state index contributed by atoms with van der Waals surface area (Å²) in [5.74, 6) is -1.51. The van der Waals surface area contributed by atoms with Crippen LogP contribution in [0.15, 0.2) is 35.6 Å². The second kappa shape index (κ2) is 8.75. The molecule has 1 fully saturated rings. The Hall–Kier alpha value is -3.26. The van der Waals surface area contributed by atoms with E-state index in [1.807, 2.05) is 0 Å². The van der Waals surface area contributed by atoms with Crippen LogP contribution in [-0.2, 0) is 21.2 Å². The molecule has 3 heterocycles. The summed E-state index contributed by atoms with van der Waals surface area (Å²) in [7, 11) is 0. The number of hydrogen-bond donors (Lipinski definition) is 2. The van der Waals surface area contributed by atoms with Gasteiger partial charge in [0, 0.05) is 23.8 Å². The summed E-state index contributed by atoms with van der Waals surface area (Å²) in [6.07, 6.45) is -8.65. The maximum absolute atomic E-state index is 14.2. The van der Waals surface area contributed by atoms with Gasteiger partial charge in [-0.15, -0.1) is 0 Å². The first-order valence-electron chi connectivity index (χ1n) is 9.83. The lowest BCUT2D eigenvalue weighted by atomic mass is 9.76. The van der Waals surface area contributed by atoms with Crippen molar-refractivity contribution in [1.82, 2.24) is 20.8 Å². The Labute approximate surface area is 197 Å². The average Bonchev–Trinajstić information content (AvgIpc) is 3.40. The highest BCUT2D eigenvalue weighted by Gasteiger charge is 2.59. The van der Waals surface area contributed by atoms with Crippen molar-refractivity contribution < 1.29 is 40.8 Å². The number of carbonyl (C=O) groups excluding carboxylic acids is 2. The number of rotatable bonds is 4. The molecule has 8 nitrogen and oxygen atoms in total. The average molecular weight is 522 g/mol. The van der Waals surface area contributed by atoms with E-state index in [4.69, 9.17) is 11.6 Å². The SMILES string of the molecule is O=C(NC1CONC1=O)c1cnc(C2=NCC(c3cc(Cl)cc(C(F)(F)F)c3)(C(F)(F)F)C2)nc1. The van der Waals surface area contributed by atoms with E-state index < -0.39 is 64.7 Å². The van der Waals surface area contributed by atoms with E-state index in [1.54, 1.807) is 0 Å². The minimum atomic E-state index is -4.98. The van der Waals surface area contributed by atoms with Gasteiger partial charge in [-0.05, 0) is 23.8 Å². The maximum atomic E-state index is 14.2. The fourth-order valence-corrected chi connectivity index (χ4v) is 3.88. The van der Waals surface area contributed by atoms with Gasteiger partial charge in [0.15, 0.2) is 5.82 Å². The largest absolute Gasteiger partial charge is 0.416 e. The molecule has 0 bridgehead atoms. The van der Waals surface area contributed by atoms with E-state index in [9.17, 15) is 35.9 Å². The van der Waals surface area contributed by atoms with Gasteiger partial charge in [-0.3, -0.25) is 19.4 Å². The van der Waals surface area contributed by atoms with Crippen molar-refractivity contribution in [2.75, 3.05) is 13.2 Å². The minimum absolute atomic E-state index is 0.0845. The highest BCUT2D eigenvalue weighted by molar-refractivity contribution is 6.30. The van der Waals surface area contributed by atoms with Crippen molar-refractivity contribution >= 4 is 29.1 Å². The number of halogens is 7. The zero-order chi connectivity index (χ0) is 25.6. The number of carbonyl (C=O) groups is 2. The maximum Gasteiger partial charge on any atom is 0.416 e. The molecule has 0 saturated carbocycles. The smallest absolute Gasteiger partial charge is 0.338 e. The Kier molecular flexibility index (Phi) is 6.21. The van der Waals surface area contributed by atoms with E-state index in [0.717, 1.165) is 18.5 Å². The van der Waals surface area contributed by atoms with E-state index in [2.05, 4.69) is 30.6 Å². The summed E-state index contributed by atoms with van der Waals surface area (Å²) >= 11 is 5.72. The van der Waals surface area contributed by atoms with Crippen LogP contribution in [0.25, 0.3) is 0 Å². The molecule has 15 heteroatoms. The third kappa shape index (κ3) is 4.80. The standard InChI is InChI=1S/C20H14ClF6N5O3/c21-12-2-10(1-11(3-12)19(22,23)24)18(20(25,26)27)4-13(30-8-18)15-28-5-9(6-29-15)16(33)31-14-7-35-32-17(14)34/h1-3,5-6,14H,4,7-8H2,(H,31,33)(H,32,34). The first-order valence-corrected chi connectivity index (χ1v) is 10.2. The molecule has 1 aromatic carbocycles. The van der Waals surface area contributed by atoms with Crippen LogP contribution in [0.5, 0.6) is 0 Å². The van der Waals surface area contributed by atoms with Crippen molar-refractivity contribution in [2.45, 2.75) is 30.2 Å². The van der Waals surface area contributed by atoms with Gasteiger partial charge < -0.3 is 5.32 Å². The summed E-state index contributed by atoms with van der Waals surface area (Å²) < 4.78 is 82.2. The number of aliphatic imine (C=N–C) groups is 1. The number of hydroxylamine groups is 1. The van der Waals surface area contributed by atoms with Crippen molar-refractivity contribution in [1.29, 1.82) is 0 Å². The minimum Gasteiger partial charge on any atom is -0.338 e. The van der Waals surface area contributed by atoms with Crippen LogP contribution in [0.2, 0.25) is 5.02 Å². The molecule has 2 aliphatic heterocycles. The number of alkyl halides is 6. The molecule has 35 heavy (non-hydrogen) atoms. The predicted octanol–water partition coefficient (Wildman–Crippen LogP) is 3.00. The van der Waals surface area contributed by atoms with Crippen LogP contribution in [-0.4, -0.2) is 52.9 Å². The molecule has 4 rings (SSSR count). The molecule has 0 spiro atoms. The lowest BCUT2D eigenvalue weighted by molar-refractivity contribution is -0.184. The van der Waals surface area contributed by atoms with E-state index >= 15 is 0 Å². The summed E-state index contributed by atoms with van der Waals surface area (Å²) in [5, 5.41) is 1.87. The van der Waals surface area contributed by atoms with Crippen molar-refractivity contribution in [3.05, 3.63) is 58.1 Å². The third-order valence-corrected chi connectivity index (χ3v) is 5.76. The molecule has 2 aliphatic rings. The monoisotopic (exact) mass is 521 g/mol. The molecule has 2 aromatic rings. The van der Waals surface area contributed by atoms with Crippen LogP contribution in [0, 0.1) is 0 Å². The van der Waals surface area contributed by atoms with Gasteiger partial charge in [0.1, 0.15) is 18.1 Å². The van der Waals surface area contributed by atoms with Crippen molar-refractivity contribution in [2.24, 2.45) is 4.99 Å². The fourth-order valence-electron chi connectivity index (χ4n) is 3.64. The van der Waals surface area contributed by atoms with E-state index in [1.165, 1.54) is 0 Å².